The molecule has 2 rings (SSSR count). The Morgan fingerprint density at radius 2 is 1.84 bits per heavy atom. The van der Waals surface area contributed by atoms with Gasteiger partial charge in [0.05, 0.1) is 12.7 Å². The van der Waals surface area contributed by atoms with E-state index in [1.165, 1.54) is 19.1 Å². The molecule has 0 aliphatic carbocycles. The average Bonchev–Trinajstić information content (AvgIpc) is 2.57. The first-order chi connectivity index (χ1) is 11.5. The summed E-state index contributed by atoms with van der Waals surface area (Å²) < 4.78 is 4.72. The number of hydrogen-bond donors (Lipinski definition) is 1. The van der Waals surface area contributed by atoms with E-state index in [2.05, 4.69) is 29.1 Å². The van der Waals surface area contributed by atoms with Crippen molar-refractivity contribution in [2.24, 2.45) is 16.8 Å². The van der Waals surface area contributed by atoms with E-state index in [-0.39, 0.29) is 29.9 Å². The van der Waals surface area contributed by atoms with E-state index in [1.807, 2.05) is 31.3 Å². The van der Waals surface area contributed by atoms with Gasteiger partial charge in [0.1, 0.15) is 0 Å². The molecule has 5 nitrogen and oxygen atoms in total. The molecule has 2 unspecified atom stereocenters. The molecular formula is C19H30IN3O2. The van der Waals surface area contributed by atoms with Crippen molar-refractivity contribution < 1.29 is 9.53 Å². The van der Waals surface area contributed by atoms with Crippen LogP contribution in [0.5, 0.6) is 0 Å². The summed E-state index contributed by atoms with van der Waals surface area (Å²) in [6, 6.07) is 7.57. The minimum absolute atomic E-state index is 0. The van der Waals surface area contributed by atoms with Crippen LogP contribution in [0.25, 0.3) is 0 Å². The molecule has 2 atom stereocenters. The summed E-state index contributed by atoms with van der Waals surface area (Å²) in [5.74, 6) is 2.10. The molecule has 25 heavy (non-hydrogen) atoms. The van der Waals surface area contributed by atoms with Gasteiger partial charge in [-0.15, -0.1) is 24.0 Å². The topological polar surface area (TPSA) is 53.9 Å². The molecule has 1 heterocycles. The number of esters is 1. The number of nitrogens with one attached hydrogen (secondary N) is 1. The number of carbonyl (C=O) groups excluding carboxylic acids is 1. The van der Waals surface area contributed by atoms with Gasteiger partial charge in [-0.05, 0) is 42.4 Å². The van der Waals surface area contributed by atoms with Crippen molar-refractivity contribution in [1.29, 1.82) is 0 Å². The summed E-state index contributed by atoms with van der Waals surface area (Å²) in [6.07, 6.45) is 2.18. The van der Waals surface area contributed by atoms with Gasteiger partial charge < -0.3 is 15.0 Å². The number of methoxy groups -OCH3 is 1. The maximum atomic E-state index is 11.4. The number of halogens is 1. The molecule has 6 heteroatoms. The molecule has 140 valence electrons. The van der Waals surface area contributed by atoms with Gasteiger partial charge >= 0.3 is 5.97 Å². The maximum Gasteiger partial charge on any atom is 0.337 e. The molecule has 1 aliphatic heterocycles. The Labute approximate surface area is 168 Å². The Morgan fingerprint density at radius 3 is 2.36 bits per heavy atom. The molecule has 0 aromatic heterocycles. The molecule has 1 aromatic rings. The fourth-order valence-electron chi connectivity index (χ4n) is 3.41. The minimum atomic E-state index is -0.298. The molecule has 0 bridgehead atoms. The van der Waals surface area contributed by atoms with Gasteiger partial charge in [0.15, 0.2) is 5.96 Å². The Balaban J connectivity index is 0.00000312. The van der Waals surface area contributed by atoms with Crippen LogP contribution >= 0.6 is 24.0 Å². The summed E-state index contributed by atoms with van der Waals surface area (Å²) in [7, 11) is 3.24. The smallest absolute Gasteiger partial charge is 0.337 e. The SMILES string of the molecule is CN=C(NCCc1ccc(C(=O)OC)cc1)N1CC(C)CC(C)C1.I. The first-order valence-electron chi connectivity index (χ1n) is 8.66. The van der Waals surface area contributed by atoms with E-state index in [0.717, 1.165) is 32.0 Å². The largest absolute Gasteiger partial charge is 0.465 e. The zero-order valence-electron chi connectivity index (χ0n) is 15.6. The third-order valence-electron chi connectivity index (χ3n) is 4.45. The van der Waals surface area contributed by atoms with Gasteiger partial charge in [0.25, 0.3) is 0 Å². The van der Waals surface area contributed by atoms with E-state index in [9.17, 15) is 4.79 Å². The zero-order valence-corrected chi connectivity index (χ0v) is 17.9. The standard InChI is InChI=1S/C19H29N3O2.HI/c1-14-11-15(2)13-22(12-14)19(20-3)21-10-9-16-5-7-17(8-6-16)18(23)24-4;/h5-8,14-15H,9-13H2,1-4H3,(H,20,21);1H. The van der Waals surface area contributed by atoms with Crippen molar-refractivity contribution in [1.82, 2.24) is 10.2 Å². The van der Waals surface area contributed by atoms with Crippen LogP contribution in [0.3, 0.4) is 0 Å². The fraction of sp³-hybridized carbons (Fsp3) is 0.579. The van der Waals surface area contributed by atoms with Crippen molar-refractivity contribution >= 4 is 35.9 Å². The van der Waals surface area contributed by atoms with Gasteiger partial charge in [0, 0.05) is 26.7 Å². The number of benzene rings is 1. The normalized spacial score (nSPS) is 20.6. The number of hydrogen-bond acceptors (Lipinski definition) is 3. The second-order valence-electron chi connectivity index (χ2n) is 6.76. The van der Waals surface area contributed by atoms with Crippen LogP contribution in [0, 0.1) is 11.8 Å². The molecule has 1 fully saturated rings. The van der Waals surface area contributed by atoms with Gasteiger partial charge in [-0.25, -0.2) is 4.79 Å². The van der Waals surface area contributed by atoms with Crippen LogP contribution in [-0.2, 0) is 11.2 Å². The molecule has 0 saturated carbocycles. The van der Waals surface area contributed by atoms with E-state index in [4.69, 9.17) is 4.74 Å². The van der Waals surface area contributed by atoms with Gasteiger partial charge in [0.2, 0.25) is 0 Å². The Hall–Kier alpha value is -1.31. The molecule has 0 radical (unpaired) electrons. The minimum Gasteiger partial charge on any atom is -0.465 e. The Kier molecular flexibility index (Phi) is 9.24. The Bertz CT molecular complexity index is 565. The third kappa shape index (κ3) is 6.49. The first kappa shape index (κ1) is 21.7. The number of carbonyl (C=O) groups is 1. The summed E-state index contributed by atoms with van der Waals surface area (Å²) >= 11 is 0. The first-order valence-corrected chi connectivity index (χ1v) is 8.66. The van der Waals surface area contributed by atoms with E-state index in [0.29, 0.717) is 17.4 Å². The second kappa shape index (κ2) is 10.6. The van der Waals surface area contributed by atoms with Crippen molar-refractivity contribution in [3.8, 4) is 0 Å². The van der Waals surface area contributed by atoms with Crippen LogP contribution in [0.15, 0.2) is 29.3 Å². The lowest BCUT2D eigenvalue weighted by Crippen LogP contribution is -2.48. The highest BCUT2D eigenvalue weighted by Gasteiger charge is 2.23. The Morgan fingerprint density at radius 1 is 1.24 bits per heavy atom. The van der Waals surface area contributed by atoms with Gasteiger partial charge in [-0.1, -0.05) is 26.0 Å². The number of nitrogens with zero attached hydrogens (tertiary/aromatic N) is 2. The van der Waals surface area contributed by atoms with Crippen molar-refractivity contribution in [3.05, 3.63) is 35.4 Å². The quantitative estimate of drug-likeness (QED) is 0.325. The summed E-state index contributed by atoms with van der Waals surface area (Å²) in [5.41, 5.74) is 1.77. The number of guanidine groups is 1. The van der Waals surface area contributed by atoms with Gasteiger partial charge in [-0.3, -0.25) is 4.99 Å². The van der Waals surface area contributed by atoms with Crippen LogP contribution < -0.4 is 5.32 Å². The highest BCUT2D eigenvalue weighted by Crippen LogP contribution is 2.20. The molecule has 1 N–H and O–H groups in total. The van der Waals surface area contributed by atoms with E-state index in [1.54, 1.807) is 0 Å². The predicted molar refractivity (Wildman–Crippen MR) is 113 cm³/mol. The lowest BCUT2D eigenvalue weighted by Gasteiger charge is -2.37. The van der Waals surface area contributed by atoms with Crippen LogP contribution in [0.1, 0.15) is 36.2 Å². The molecule has 1 aromatic carbocycles. The molecule has 1 saturated heterocycles. The number of ether oxygens (including phenoxy) is 1. The molecule has 0 spiro atoms. The lowest BCUT2D eigenvalue weighted by atomic mass is 9.92. The highest BCUT2D eigenvalue weighted by molar-refractivity contribution is 14.0. The van der Waals surface area contributed by atoms with Gasteiger partial charge in [-0.2, -0.15) is 0 Å². The van der Waals surface area contributed by atoms with Crippen LogP contribution in [0.4, 0.5) is 0 Å². The number of aliphatic imine (C=N–C) groups is 1. The average molecular weight is 459 g/mol. The van der Waals surface area contributed by atoms with Crippen molar-refractivity contribution in [2.75, 3.05) is 33.8 Å². The highest BCUT2D eigenvalue weighted by atomic mass is 127. The van der Waals surface area contributed by atoms with E-state index >= 15 is 0 Å². The fourth-order valence-corrected chi connectivity index (χ4v) is 3.41. The van der Waals surface area contributed by atoms with Crippen molar-refractivity contribution in [3.63, 3.8) is 0 Å². The second-order valence-corrected chi connectivity index (χ2v) is 6.76. The number of likely N-dealkylation sites (tertiary alicyclic amines) is 1. The monoisotopic (exact) mass is 459 g/mol. The lowest BCUT2D eigenvalue weighted by molar-refractivity contribution is 0.0600. The number of rotatable bonds is 4. The van der Waals surface area contributed by atoms with Crippen molar-refractivity contribution in [2.45, 2.75) is 26.7 Å². The summed E-state index contributed by atoms with van der Waals surface area (Å²) in [4.78, 5) is 18.2. The predicted octanol–water partition coefficient (Wildman–Crippen LogP) is 3.19. The van der Waals surface area contributed by atoms with E-state index < -0.39 is 0 Å². The maximum absolute atomic E-state index is 11.4. The summed E-state index contributed by atoms with van der Waals surface area (Å²) in [6.45, 7) is 7.57. The molecule has 1 aliphatic rings. The van der Waals surface area contributed by atoms with Crippen LogP contribution in [0.2, 0.25) is 0 Å². The zero-order chi connectivity index (χ0) is 17.5. The van der Waals surface area contributed by atoms with Crippen LogP contribution in [-0.4, -0.2) is 50.6 Å². The number of piperidine rings is 1. The third-order valence-corrected chi connectivity index (χ3v) is 4.45. The summed E-state index contributed by atoms with van der Waals surface area (Å²) in [5, 5.41) is 3.46. The molecule has 0 amide bonds. The molecular weight excluding hydrogens is 429 g/mol.